The predicted molar refractivity (Wildman–Crippen MR) is 75.7 cm³/mol. The van der Waals surface area contributed by atoms with Gasteiger partial charge < -0.3 is 4.98 Å². The van der Waals surface area contributed by atoms with Crippen LogP contribution in [0.3, 0.4) is 0 Å². The van der Waals surface area contributed by atoms with E-state index in [1.54, 1.807) is 12.4 Å². The van der Waals surface area contributed by atoms with E-state index in [1.165, 1.54) is 0 Å². The van der Waals surface area contributed by atoms with Crippen molar-refractivity contribution in [1.29, 1.82) is 0 Å². The largest absolute Gasteiger partial charge is 0.312 e. The van der Waals surface area contributed by atoms with Crippen molar-refractivity contribution in [2.45, 2.75) is 0 Å². The number of nitrogens with zero attached hydrogens (tertiary/aromatic N) is 1. The van der Waals surface area contributed by atoms with Crippen molar-refractivity contribution in [3.63, 3.8) is 0 Å². The van der Waals surface area contributed by atoms with Crippen LogP contribution < -0.4 is 4.87 Å². The van der Waals surface area contributed by atoms with Crippen LogP contribution in [0.15, 0.2) is 35.4 Å². The molecule has 0 spiro atoms. The molecule has 2 heterocycles. The number of benzene rings is 1. The van der Waals surface area contributed by atoms with Gasteiger partial charge in [0.1, 0.15) is 0 Å². The Balaban J connectivity index is 2.28. The molecule has 0 fully saturated rings. The zero-order chi connectivity index (χ0) is 12.7. The number of H-pyrrole nitrogens is 1. The van der Waals surface area contributed by atoms with E-state index in [-0.39, 0.29) is 4.87 Å². The van der Waals surface area contributed by atoms with Gasteiger partial charge in [0.25, 0.3) is 0 Å². The van der Waals surface area contributed by atoms with Crippen LogP contribution in [0.5, 0.6) is 0 Å². The summed E-state index contributed by atoms with van der Waals surface area (Å²) >= 11 is 13.4. The second kappa shape index (κ2) is 4.39. The highest BCUT2D eigenvalue weighted by Gasteiger charge is 2.10. The maximum Gasteiger partial charge on any atom is 0.305 e. The fraction of sp³-hybridized carbons (Fsp3) is 0. The number of aromatic amines is 1. The van der Waals surface area contributed by atoms with Crippen molar-refractivity contribution in [2.24, 2.45) is 0 Å². The Hall–Kier alpha value is -1.36. The van der Waals surface area contributed by atoms with Gasteiger partial charge in [0.05, 0.1) is 20.3 Å². The number of pyridine rings is 1. The Labute approximate surface area is 116 Å². The van der Waals surface area contributed by atoms with Gasteiger partial charge in [-0.2, -0.15) is 0 Å². The minimum absolute atomic E-state index is 0.0749. The lowest BCUT2D eigenvalue weighted by Crippen LogP contribution is -1.89. The second-order valence-electron chi connectivity index (χ2n) is 3.70. The highest BCUT2D eigenvalue weighted by atomic mass is 35.5. The molecule has 1 aromatic carbocycles. The minimum Gasteiger partial charge on any atom is -0.312 e. The molecule has 0 aliphatic heterocycles. The Kier molecular flexibility index (Phi) is 2.86. The SMILES string of the molecule is O=c1[nH]c2ccc(-c3c(Cl)cncc3Cl)cc2s1. The van der Waals surface area contributed by atoms with Crippen LogP contribution in [0.25, 0.3) is 21.3 Å². The lowest BCUT2D eigenvalue weighted by molar-refractivity contribution is 1.33. The molecule has 0 aliphatic carbocycles. The van der Waals surface area contributed by atoms with Crippen molar-refractivity contribution in [1.82, 2.24) is 9.97 Å². The van der Waals surface area contributed by atoms with Crippen LogP contribution in [0.1, 0.15) is 0 Å². The fourth-order valence-electron chi connectivity index (χ4n) is 1.79. The normalized spacial score (nSPS) is 11.0. The summed E-state index contributed by atoms with van der Waals surface area (Å²) in [7, 11) is 0. The minimum atomic E-state index is -0.0749. The summed E-state index contributed by atoms with van der Waals surface area (Å²) in [4.78, 5) is 17.9. The summed E-state index contributed by atoms with van der Waals surface area (Å²) in [6.07, 6.45) is 3.10. The van der Waals surface area contributed by atoms with Crippen molar-refractivity contribution < 1.29 is 0 Å². The monoisotopic (exact) mass is 296 g/mol. The van der Waals surface area contributed by atoms with E-state index >= 15 is 0 Å². The van der Waals surface area contributed by atoms with Crippen LogP contribution >= 0.6 is 34.5 Å². The smallest absolute Gasteiger partial charge is 0.305 e. The number of aromatic nitrogens is 2. The summed E-state index contributed by atoms with van der Waals surface area (Å²) in [6, 6.07) is 5.61. The summed E-state index contributed by atoms with van der Waals surface area (Å²) in [6.45, 7) is 0. The van der Waals surface area contributed by atoms with E-state index in [0.717, 1.165) is 32.7 Å². The molecule has 0 radical (unpaired) electrons. The molecule has 3 aromatic rings. The van der Waals surface area contributed by atoms with Gasteiger partial charge in [-0.15, -0.1) is 0 Å². The predicted octanol–water partition coefficient (Wildman–Crippen LogP) is 3.96. The van der Waals surface area contributed by atoms with Crippen LogP contribution in [0, 0.1) is 0 Å². The van der Waals surface area contributed by atoms with Gasteiger partial charge in [-0.1, -0.05) is 40.6 Å². The molecule has 0 unspecified atom stereocenters. The number of rotatable bonds is 1. The van der Waals surface area contributed by atoms with Crippen molar-refractivity contribution >= 4 is 44.8 Å². The molecule has 90 valence electrons. The van der Waals surface area contributed by atoms with E-state index < -0.39 is 0 Å². The average molecular weight is 297 g/mol. The lowest BCUT2D eigenvalue weighted by atomic mass is 10.1. The van der Waals surface area contributed by atoms with Crippen LogP contribution in [0.2, 0.25) is 10.0 Å². The van der Waals surface area contributed by atoms with Gasteiger partial charge in [-0.25, -0.2) is 0 Å². The van der Waals surface area contributed by atoms with E-state index in [4.69, 9.17) is 23.2 Å². The first kappa shape index (κ1) is 11.7. The number of nitrogens with one attached hydrogen (secondary N) is 1. The molecule has 0 saturated carbocycles. The standard InChI is InChI=1S/C12H6Cl2N2OS/c13-7-4-15-5-8(14)11(7)6-1-2-9-10(3-6)18-12(17)16-9/h1-5H,(H,16,17). The summed E-state index contributed by atoms with van der Waals surface area (Å²) in [5.41, 5.74) is 2.42. The summed E-state index contributed by atoms with van der Waals surface area (Å²) in [5.74, 6) is 0. The molecule has 2 aromatic heterocycles. The molecular formula is C12H6Cl2N2OS. The van der Waals surface area contributed by atoms with Gasteiger partial charge in [0, 0.05) is 18.0 Å². The zero-order valence-corrected chi connectivity index (χ0v) is 11.2. The molecule has 3 nitrogen and oxygen atoms in total. The van der Waals surface area contributed by atoms with E-state index in [9.17, 15) is 4.79 Å². The van der Waals surface area contributed by atoms with Crippen molar-refractivity contribution in [3.8, 4) is 11.1 Å². The molecule has 0 atom stereocenters. The average Bonchev–Trinajstić information content (AvgIpc) is 2.68. The first-order chi connectivity index (χ1) is 8.65. The molecule has 6 heteroatoms. The quantitative estimate of drug-likeness (QED) is 0.739. The van der Waals surface area contributed by atoms with E-state index in [0.29, 0.717) is 10.0 Å². The third-order valence-electron chi connectivity index (χ3n) is 2.56. The van der Waals surface area contributed by atoms with Crippen LogP contribution in [-0.4, -0.2) is 9.97 Å². The number of thiazole rings is 1. The fourth-order valence-corrected chi connectivity index (χ4v) is 3.15. The topological polar surface area (TPSA) is 45.8 Å². The van der Waals surface area contributed by atoms with E-state index in [1.807, 2.05) is 18.2 Å². The molecule has 3 rings (SSSR count). The second-order valence-corrected chi connectivity index (χ2v) is 5.53. The van der Waals surface area contributed by atoms with E-state index in [2.05, 4.69) is 9.97 Å². The summed E-state index contributed by atoms with van der Waals surface area (Å²) in [5, 5.41) is 0.981. The number of hydrogen-bond acceptors (Lipinski definition) is 3. The highest BCUT2D eigenvalue weighted by molar-refractivity contribution is 7.16. The van der Waals surface area contributed by atoms with Gasteiger partial charge in [-0.3, -0.25) is 9.78 Å². The first-order valence-electron chi connectivity index (χ1n) is 5.07. The number of fused-ring (bicyclic) bond motifs is 1. The number of halogens is 2. The zero-order valence-electron chi connectivity index (χ0n) is 8.91. The third-order valence-corrected chi connectivity index (χ3v) is 3.98. The Morgan fingerprint density at radius 2 is 1.89 bits per heavy atom. The lowest BCUT2D eigenvalue weighted by Gasteiger charge is -2.06. The third kappa shape index (κ3) is 1.92. The molecular weight excluding hydrogens is 291 g/mol. The molecule has 0 aliphatic rings. The Morgan fingerprint density at radius 1 is 1.17 bits per heavy atom. The Morgan fingerprint density at radius 3 is 2.61 bits per heavy atom. The van der Waals surface area contributed by atoms with Gasteiger partial charge in [0.15, 0.2) is 0 Å². The molecule has 1 N–H and O–H groups in total. The molecule has 0 amide bonds. The maximum atomic E-state index is 11.3. The molecule has 0 saturated heterocycles. The van der Waals surface area contributed by atoms with Crippen molar-refractivity contribution in [3.05, 3.63) is 50.3 Å². The first-order valence-corrected chi connectivity index (χ1v) is 6.64. The highest BCUT2D eigenvalue weighted by Crippen LogP contribution is 2.35. The molecule has 18 heavy (non-hydrogen) atoms. The van der Waals surface area contributed by atoms with Crippen molar-refractivity contribution in [2.75, 3.05) is 0 Å². The van der Waals surface area contributed by atoms with Gasteiger partial charge in [-0.05, 0) is 17.7 Å². The Bertz CT molecular complexity index is 774. The molecule has 0 bridgehead atoms. The maximum absolute atomic E-state index is 11.3. The van der Waals surface area contributed by atoms with Crippen LogP contribution in [-0.2, 0) is 0 Å². The number of hydrogen-bond donors (Lipinski definition) is 1. The van der Waals surface area contributed by atoms with Crippen LogP contribution in [0.4, 0.5) is 0 Å². The summed E-state index contributed by atoms with van der Waals surface area (Å²) < 4.78 is 0.876. The van der Waals surface area contributed by atoms with Gasteiger partial charge >= 0.3 is 4.87 Å². The van der Waals surface area contributed by atoms with Gasteiger partial charge in [0.2, 0.25) is 0 Å².